The van der Waals surface area contributed by atoms with Gasteiger partial charge in [0.15, 0.2) is 0 Å². The lowest BCUT2D eigenvalue weighted by Crippen LogP contribution is -2.38. The quantitative estimate of drug-likeness (QED) is 0.636. The molecule has 80 valence electrons. The average molecular weight is 186 g/mol. The Bertz CT molecular complexity index is 115. The molecule has 2 N–H and O–H groups in total. The molecule has 0 aromatic rings. The molecule has 3 atom stereocenters. The fourth-order valence-corrected chi connectivity index (χ4v) is 1.72. The van der Waals surface area contributed by atoms with E-state index in [0.717, 1.165) is 0 Å². The van der Waals surface area contributed by atoms with Crippen molar-refractivity contribution in [1.82, 2.24) is 10.6 Å². The number of hydrogen-bond acceptors (Lipinski definition) is 2. The lowest BCUT2D eigenvalue weighted by Gasteiger charge is -2.22. The lowest BCUT2D eigenvalue weighted by atomic mass is 10.1. The monoisotopic (exact) mass is 186 g/mol. The van der Waals surface area contributed by atoms with Gasteiger partial charge in [0.25, 0.3) is 0 Å². The molecule has 0 saturated carbocycles. The maximum Gasteiger partial charge on any atom is 0.00559 e. The summed E-state index contributed by atoms with van der Waals surface area (Å²) in [7, 11) is 2.02. The van der Waals surface area contributed by atoms with Crippen molar-refractivity contribution in [1.29, 1.82) is 0 Å². The fourth-order valence-electron chi connectivity index (χ4n) is 1.72. The minimum atomic E-state index is 0.608. The van der Waals surface area contributed by atoms with Gasteiger partial charge in [-0.3, -0.25) is 0 Å². The maximum absolute atomic E-state index is 3.61. The Morgan fingerprint density at radius 1 is 1.00 bits per heavy atom. The highest BCUT2D eigenvalue weighted by Gasteiger charge is 2.09. The topological polar surface area (TPSA) is 24.1 Å². The molecule has 0 aromatic heterocycles. The molecule has 0 aromatic carbocycles. The van der Waals surface area contributed by atoms with Crippen molar-refractivity contribution in [2.45, 2.75) is 65.1 Å². The second-order valence-corrected chi connectivity index (χ2v) is 4.18. The van der Waals surface area contributed by atoms with E-state index < -0.39 is 0 Å². The van der Waals surface area contributed by atoms with Gasteiger partial charge in [0.2, 0.25) is 0 Å². The number of hydrogen-bond donors (Lipinski definition) is 2. The summed E-state index contributed by atoms with van der Waals surface area (Å²) in [4.78, 5) is 0. The summed E-state index contributed by atoms with van der Waals surface area (Å²) >= 11 is 0. The molecule has 0 radical (unpaired) electrons. The van der Waals surface area contributed by atoms with Crippen molar-refractivity contribution >= 4 is 0 Å². The number of rotatable bonds is 7. The van der Waals surface area contributed by atoms with E-state index in [0.29, 0.717) is 18.1 Å². The van der Waals surface area contributed by atoms with E-state index in [-0.39, 0.29) is 0 Å². The molecule has 2 heteroatoms. The van der Waals surface area contributed by atoms with Crippen LogP contribution >= 0.6 is 0 Å². The first-order valence-electron chi connectivity index (χ1n) is 5.53. The summed E-state index contributed by atoms with van der Waals surface area (Å²) in [5.74, 6) is 0. The second-order valence-electron chi connectivity index (χ2n) is 4.18. The van der Waals surface area contributed by atoms with Crippen molar-refractivity contribution in [2.24, 2.45) is 0 Å². The average Bonchev–Trinajstić information content (AvgIpc) is 2.04. The molecule has 0 bridgehead atoms. The SMILES string of the molecule is CCCC(C)NC(C)CC(C)NC. The summed E-state index contributed by atoms with van der Waals surface area (Å²) in [5, 5.41) is 6.87. The van der Waals surface area contributed by atoms with Gasteiger partial charge in [-0.1, -0.05) is 13.3 Å². The number of nitrogens with one attached hydrogen (secondary N) is 2. The highest BCUT2D eigenvalue weighted by atomic mass is 15.0. The smallest absolute Gasteiger partial charge is 0.00559 e. The summed E-state index contributed by atoms with van der Waals surface area (Å²) in [6, 6.07) is 1.88. The van der Waals surface area contributed by atoms with Gasteiger partial charge in [-0.05, 0) is 40.7 Å². The van der Waals surface area contributed by atoms with Crippen molar-refractivity contribution in [2.75, 3.05) is 7.05 Å². The zero-order valence-corrected chi connectivity index (χ0v) is 9.85. The van der Waals surface area contributed by atoms with Gasteiger partial charge < -0.3 is 10.6 Å². The Kier molecular flexibility index (Phi) is 7.29. The minimum absolute atomic E-state index is 0.608. The van der Waals surface area contributed by atoms with Crippen LogP contribution in [0.3, 0.4) is 0 Å². The van der Waals surface area contributed by atoms with E-state index in [9.17, 15) is 0 Å². The molecule has 2 nitrogen and oxygen atoms in total. The summed E-state index contributed by atoms with van der Waals surface area (Å²) in [6.45, 7) is 8.99. The molecule has 0 aliphatic heterocycles. The highest BCUT2D eigenvalue weighted by molar-refractivity contribution is 4.71. The normalized spacial score (nSPS) is 18.2. The largest absolute Gasteiger partial charge is 0.317 e. The predicted octanol–water partition coefficient (Wildman–Crippen LogP) is 2.15. The van der Waals surface area contributed by atoms with Crippen molar-refractivity contribution in [3.8, 4) is 0 Å². The van der Waals surface area contributed by atoms with Crippen LogP contribution < -0.4 is 10.6 Å². The molecular weight excluding hydrogens is 160 g/mol. The van der Waals surface area contributed by atoms with E-state index >= 15 is 0 Å². The van der Waals surface area contributed by atoms with Gasteiger partial charge in [0, 0.05) is 18.1 Å². The van der Waals surface area contributed by atoms with E-state index in [4.69, 9.17) is 0 Å². The summed E-state index contributed by atoms with van der Waals surface area (Å²) < 4.78 is 0. The van der Waals surface area contributed by atoms with Crippen LogP contribution in [0.2, 0.25) is 0 Å². The molecule has 0 rings (SSSR count). The molecule has 0 heterocycles. The third-order valence-electron chi connectivity index (χ3n) is 2.49. The van der Waals surface area contributed by atoms with Crippen LogP contribution in [0.1, 0.15) is 47.0 Å². The van der Waals surface area contributed by atoms with Crippen LogP contribution in [-0.4, -0.2) is 25.2 Å². The van der Waals surface area contributed by atoms with Crippen molar-refractivity contribution < 1.29 is 0 Å². The Morgan fingerprint density at radius 3 is 2.08 bits per heavy atom. The molecule has 0 aliphatic rings. The van der Waals surface area contributed by atoms with Crippen LogP contribution in [0.5, 0.6) is 0 Å². The lowest BCUT2D eigenvalue weighted by molar-refractivity contribution is 0.392. The first-order valence-corrected chi connectivity index (χ1v) is 5.53. The molecule has 0 aliphatic carbocycles. The molecule has 0 saturated heterocycles. The minimum Gasteiger partial charge on any atom is -0.317 e. The Hall–Kier alpha value is -0.0800. The second kappa shape index (κ2) is 7.34. The van der Waals surface area contributed by atoms with Gasteiger partial charge in [0.1, 0.15) is 0 Å². The fraction of sp³-hybridized carbons (Fsp3) is 1.00. The van der Waals surface area contributed by atoms with E-state index in [1.54, 1.807) is 0 Å². The van der Waals surface area contributed by atoms with Crippen LogP contribution in [0.25, 0.3) is 0 Å². The zero-order chi connectivity index (χ0) is 10.3. The van der Waals surface area contributed by atoms with Gasteiger partial charge in [0.05, 0.1) is 0 Å². The van der Waals surface area contributed by atoms with Gasteiger partial charge in [-0.2, -0.15) is 0 Å². The van der Waals surface area contributed by atoms with Crippen LogP contribution in [-0.2, 0) is 0 Å². The van der Waals surface area contributed by atoms with E-state index in [1.165, 1.54) is 19.3 Å². The molecule has 13 heavy (non-hydrogen) atoms. The maximum atomic E-state index is 3.61. The van der Waals surface area contributed by atoms with Crippen molar-refractivity contribution in [3.05, 3.63) is 0 Å². The Morgan fingerprint density at radius 2 is 1.62 bits per heavy atom. The summed E-state index contributed by atoms with van der Waals surface area (Å²) in [5.41, 5.74) is 0. The van der Waals surface area contributed by atoms with Gasteiger partial charge in [-0.25, -0.2) is 0 Å². The Labute approximate surface area is 83.5 Å². The van der Waals surface area contributed by atoms with Crippen molar-refractivity contribution in [3.63, 3.8) is 0 Å². The third-order valence-corrected chi connectivity index (χ3v) is 2.49. The highest BCUT2D eigenvalue weighted by Crippen LogP contribution is 2.01. The van der Waals surface area contributed by atoms with E-state index in [2.05, 4.69) is 38.3 Å². The first kappa shape index (κ1) is 12.9. The Balaban J connectivity index is 3.54. The molecule has 0 spiro atoms. The molecule has 3 unspecified atom stereocenters. The van der Waals surface area contributed by atoms with Gasteiger partial charge in [-0.15, -0.1) is 0 Å². The standard InChI is InChI=1S/C11H26N2/c1-6-7-9(2)13-11(4)8-10(3)12-5/h9-13H,6-8H2,1-5H3. The summed E-state index contributed by atoms with van der Waals surface area (Å²) in [6.07, 6.45) is 3.74. The van der Waals surface area contributed by atoms with Crippen LogP contribution in [0.15, 0.2) is 0 Å². The predicted molar refractivity (Wildman–Crippen MR) is 60.1 cm³/mol. The molecule has 0 amide bonds. The van der Waals surface area contributed by atoms with E-state index in [1.807, 2.05) is 7.05 Å². The molecular formula is C11H26N2. The van der Waals surface area contributed by atoms with Gasteiger partial charge >= 0.3 is 0 Å². The van der Waals surface area contributed by atoms with Crippen LogP contribution in [0.4, 0.5) is 0 Å². The molecule has 0 fully saturated rings. The van der Waals surface area contributed by atoms with Crippen LogP contribution in [0, 0.1) is 0 Å². The first-order chi connectivity index (χ1) is 6.10. The zero-order valence-electron chi connectivity index (χ0n) is 9.85. The third kappa shape index (κ3) is 7.03.